The Morgan fingerprint density at radius 2 is 1.81 bits per heavy atom. The number of allylic oxidation sites excluding steroid dienone is 1. The Morgan fingerprint density at radius 1 is 1.10 bits per heavy atom. The van der Waals surface area contributed by atoms with Crippen LogP contribution >= 0.6 is 0 Å². The molecule has 0 radical (unpaired) electrons. The normalized spacial score (nSPS) is 25.3. The smallest absolute Gasteiger partial charge is 0.311 e. The first-order valence-corrected chi connectivity index (χ1v) is 6.90. The maximum absolute atomic E-state index is 12.4. The average Bonchev–Trinajstić information content (AvgIpc) is 2.46. The number of carboxylic acid groups (broad SMARTS) is 1. The number of Topliss-reactive ketones (excluding diaryl/α,β-unsaturated/α-hetero) is 1. The first-order valence-electron chi connectivity index (χ1n) is 6.90. The zero-order chi connectivity index (χ0) is 15.0. The first kappa shape index (κ1) is 13.5. The van der Waals surface area contributed by atoms with Crippen LogP contribution in [0.2, 0.25) is 0 Å². The third kappa shape index (κ3) is 2.46. The summed E-state index contributed by atoms with van der Waals surface area (Å²) in [5, 5.41) is 11.9. The fraction of sp³-hybridized carbons (Fsp3) is 0.312. The van der Waals surface area contributed by atoms with E-state index in [9.17, 15) is 19.5 Å². The number of hydrogen-bond acceptors (Lipinski definition) is 3. The van der Waals surface area contributed by atoms with Crippen LogP contribution in [0.1, 0.15) is 30.7 Å². The summed E-state index contributed by atoms with van der Waals surface area (Å²) in [5.41, 5.74) is 1.81. The van der Waals surface area contributed by atoms with Gasteiger partial charge in [-0.2, -0.15) is 0 Å². The van der Waals surface area contributed by atoms with Gasteiger partial charge in [0.1, 0.15) is 0 Å². The van der Waals surface area contributed by atoms with Crippen molar-refractivity contribution < 1.29 is 19.5 Å². The largest absolute Gasteiger partial charge is 0.481 e. The maximum atomic E-state index is 12.4. The van der Waals surface area contributed by atoms with Crippen molar-refractivity contribution in [2.24, 2.45) is 5.92 Å². The number of benzene rings is 1. The minimum absolute atomic E-state index is 0.00899. The second kappa shape index (κ2) is 5.16. The summed E-state index contributed by atoms with van der Waals surface area (Å²) in [6.45, 7) is 0. The van der Waals surface area contributed by atoms with Gasteiger partial charge in [0.15, 0.2) is 5.78 Å². The number of hydrogen-bond donors (Lipinski definition) is 2. The van der Waals surface area contributed by atoms with Crippen molar-refractivity contribution in [3.05, 3.63) is 47.2 Å². The van der Waals surface area contributed by atoms with Crippen molar-refractivity contribution in [3.8, 4) is 0 Å². The molecule has 0 saturated carbocycles. The van der Waals surface area contributed by atoms with E-state index in [-0.39, 0.29) is 29.6 Å². The Balaban J connectivity index is 1.96. The number of aliphatic carboxylic acids is 1. The van der Waals surface area contributed by atoms with Gasteiger partial charge in [0.05, 0.1) is 5.92 Å². The lowest BCUT2D eigenvalue weighted by Crippen LogP contribution is -2.41. The second-order valence-electron chi connectivity index (χ2n) is 5.47. The third-order valence-corrected chi connectivity index (χ3v) is 4.11. The molecule has 1 aliphatic carbocycles. The molecule has 2 aliphatic rings. The molecular weight excluding hydrogens is 270 g/mol. The number of amides is 1. The van der Waals surface area contributed by atoms with Crippen LogP contribution in [0.3, 0.4) is 0 Å². The van der Waals surface area contributed by atoms with Crippen molar-refractivity contribution in [1.29, 1.82) is 0 Å². The standard InChI is InChI=1S/C16H15NO4/c18-13-7-10(9-4-2-1-3-5-9)6-12-15(13)11(16(20)21)8-14(19)17-12/h1-5,10-11H,6-8H2,(H,17,19)(H,20,21)/t10-,11-/m0/s1. The van der Waals surface area contributed by atoms with Crippen molar-refractivity contribution in [3.63, 3.8) is 0 Å². The monoisotopic (exact) mass is 285 g/mol. The molecule has 108 valence electrons. The van der Waals surface area contributed by atoms with Crippen molar-refractivity contribution >= 4 is 17.7 Å². The number of rotatable bonds is 2. The highest BCUT2D eigenvalue weighted by Gasteiger charge is 2.40. The molecule has 0 bridgehead atoms. The Hall–Kier alpha value is -2.43. The summed E-state index contributed by atoms with van der Waals surface area (Å²) >= 11 is 0. The van der Waals surface area contributed by atoms with Crippen LogP contribution < -0.4 is 5.32 Å². The number of nitrogens with one attached hydrogen (secondary N) is 1. The molecule has 2 atom stereocenters. The van der Waals surface area contributed by atoms with E-state index < -0.39 is 11.9 Å². The van der Waals surface area contributed by atoms with Gasteiger partial charge < -0.3 is 10.4 Å². The van der Waals surface area contributed by atoms with Crippen LogP contribution in [-0.2, 0) is 14.4 Å². The minimum atomic E-state index is -1.11. The van der Waals surface area contributed by atoms with E-state index in [0.29, 0.717) is 18.5 Å². The second-order valence-corrected chi connectivity index (χ2v) is 5.47. The van der Waals surface area contributed by atoms with Crippen LogP contribution in [0.25, 0.3) is 0 Å². The summed E-state index contributed by atoms with van der Waals surface area (Å²) in [5.74, 6) is -2.62. The van der Waals surface area contributed by atoms with Gasteiger partial charge in [-0.3, -0.25) is 14.4 Å². The Kier molecular flexibility index (Phi) is 3.33. The molecular formula is C16H15NO4. The van der Waals surface area contributed by atoms with E-state index in [4.69, 9.17) is 0 Å². The molecule has 0 fully saturated rings. The summed E-state index contributed by atoms with van der Waals surface area (Å²) in [6.07, 6.45) is 0.638. The van der Waals surface area contributed by atoms with E-state index in [0.717, 1.165) is 5.56 Å². The first-order chi connectivity index (χ1) is 10.1. The molecule has 0 spiro atoms. The van der Waals surface area contributed by atoms with Crippen LogP contribution in [0.15, 0.2) is 41.6 Å². The van der Waals surface area contributed by atoms with Gasteiger partial charge >= 0.3 is 5.97 Å². The highest BCUT2D eigenvalue weighted by molar-refractivity contribution is 6.05. The van der Waals surface area contributed by atoms with Gasteiger partial charge in [0.25, 0.3) is 0 Å². The van der Waals surface area contributed by atoms with Crippen molar-refractivity contribution in [2.75, 3.05) is 0 Å². The van der Waals surface area contributed by atoms with Gasteiger partial charge in [-0.15, -0.1) is 0 Å². The molecule has 2 N–H and O–H groups in total. The predicted molar refractivity (Wildman–Crippen MR) is 74.3 cm³/mol. The van der Waals surface area contributed by atoms with Crippen molar-refractivity contribution in [2.45, 2.75) is 25.2 Å². The SMILES string of the molecule is O=C1C[C@H](C(=O)O)C2=C(C[C@H](c3ccccc3)CC2=O)N1. The number of carbonyl (C=O) groups is 3. The Morgan fingerprint density at radius 3 is 2.48 bits per heavy atom. The molecule has 3 rings (SSSR count). The van der Waals surface area contributed by atoms with Crippen molar-refractivity contribution in [1.82, 2.24) is 5.32 Å². The van der Waals surface area contributed by atoms with Gasteiger partial charge in [0.2, 0.25) is 5.91 Å². The fourth-order valence-corrected chi connectivity index (χ4v) is 3.13. The van der Waals surface area contributed by atoms with Crippen LogP contribution in [0.5, 0.6) is 0 Å². The topological polar surface area (TPSA) is 83.5 Å². The number of carboxylic acids is 1. The molecule has 1 amide bonds. The van der Waals surface area contributed by atoms with Crippen LogP contribution in [0, 0.1) is 5.92 Å². The van der Waals surface area contributed by atoms with Gasteiger partial charge in [-0.25, -0.2) is 0 Å². The molecule has 0 saturated heterocycles. The van der Waals surface area contributed by atoms with E-state index in [1.165, 1.54) is 0 Å². The summed E-state index contributed by atoms with van der Waals surface area (Å²) in [4.78, 5) is 35.3. The highest BCUT2D eigenvalue weighted by Crippen LogP contribution is 2.38. The molecule has 1 aliphatic heterocycles. The molecule has 21 heavy (non-hydrogen) atoms. The molecule has 1 aromatic carbocycles. The predicted octanol–water partition coefficient (Wildman–Crippen LogP) is 1.61. The van der Waals surface area contributed by atoms with E-state index in [1.807, 2.05) is 30.3 Å². The van der Waals surface area contributed by atoms with Gasteiger partial charge in [-0.1, -0.05) is 30.3 Å². The molecule has 1 aromatic rings. The molecule has 0 aromatic heterocycles. The van der Waals surface area contributed by atoms with E-state index in [2.05, 4.69) is 5.32 Å². The zero-order valence-electron chi connectivity index (χ0n) is 11.3. The molecule has 0 unspecified atom stereocenters. The lowest BCUT2D eigenvalue weighted by atomic mass is 9.75. The van der Waals surface area contributed by atoms with Crippen LogP contribution in [-0.4, -0.2) is 22.8 Å². The van der Waals surface area contributed by atoms with Gasteiger partial charge in [0, 0.05) is 24.1 Å². The highest BCUT2D eigenvalue weighted by atomic mass is 16.4. The quantitative estimate of drug-likeness (QED) is 0.864. The fourth-order valence-electron chi connectivity index (χ4n) is 3.13. The van der Waals surface area contributed by atoms with E-state index in [1.54, 1.807) is 0 Å². The zero-order valence-corrected chi connectivity index (χ0v) is 11.3. The van der Waals surface area contributed by atoms with Gasteiger partial charge in [-0.05, 0) is 17.9 Å². The number of carbonyl (C=O) groups excluding carboxylic acids is 2. The molecule has 5 nitrogen and oxygen atoms in total. The number of ketones is 1. The summed E-state index contributed by atoms with van der Waals surface area (Å²) < 4.78 is 0. The summed E-state index contributed by atoms with van der Waals surface area (Å²) in [7, 11) is 0. The average molecular weight is 285 g/mol. The van der Waals surface area contributed by atoms with Crippen LogP contribution in [0.4, 0.5) is 0 Å². The minimum Gasteiger partial charge on any atom is -0.481 e. The molecule has 5 heteroatoms. The Labute approximate surface area is 121 Å². The maximum Gasteiger partial charge on any atom is 0.311 e. The lowest BCUT2D eigenvalue weighted by molar-refractivity contribution is -0.144. The Bertz CT molecular complexity index is 648. The third-order valence-electron chi connectivity index (χ3n) is 4.11. The lowest BCUT2D eigenvalue weighted by Gasteiger charge is -2.32. The summed E-state index contributed by atoms with van der Waals surface area (Å²) in [6, 6.07) is 9.61. The molecule has 1 heterocycles. The van der Waals surface area contributed by atoms with E-state index >= 15 is 0 Å².